The minimum Gasteiger partial charge on any atom is -0.494 e. The van der Waals surface area contributed by atoms with Crippen molar-refractivity contribution in [1.29, 1.82) is 0 Å². The topological polar surface area (TPSA) is 35.5 Å². The van der Waals surface area contributed by atoms with E-state index in [0.717, 1.165) is 25.0 Å². The lowest BCUT2D eigenvalue weighted by molar-refractivity contribution is 0.0186. The molecule has 1 heterocycles. The van der Waals surface area contributed by atoms with Gasteiger partial charge in [-0.15, -0.1) is 0 Å². The first-order valence-corrected chi connectivity index (χ1v) is 6.20. The minimum atomic E-state index is -0.263. The van der Waals surface area contributed by atoms with Crippen LogP contribution in [0.3, 0.4) is 0 Å². The van der Waals surface area contributed by atoms with E-state index in [2.05, 4.69) is 0 Å². The number of hydrogen-bond acceptors (Lipinski definition) is 3. The smallest absolute Gasteiger partial charge is 0.191 e. The van der Waals surface area contributed by atoms with Crippen LogP contribution in [-0.2, 0) is 4.74 Å². The minimum absolute atomic E-state index is 0.0752. The lowest BCUT2D eigenvalue weighted by atomic mass is 10.00. The summed E-state index contributed by atoms with van der Waals surface area (Å²) in [5.74, 6) is 0.820. The maximum atomic E-state index is 12.2. The van der Waals surface area contributed by atoms with Crippen molar-refractivity contribution < 1.29 is 14.3 Å². The second-order valence-corrected chi connectivity index (χ2v) is 4.18. The molecule has 0 N–H and O–H groups in total. The summed E-state index contributed by atoms with van der Waals surface area (Å²) < 4.78 is 10.9. The largest absolute Gasteiger partial charge is 0.494 e. The Balaban J connectivity index is 2.09. The molecular formula is C14H18O3. The lowest BCUT2D eigenvalue weighted by Gasteiger charge is -2.21. The summed E-state index contributed by atoms with van der Waals surface area (Å²) in [4.78, 5) is 12.2. The first kappa shape index (κ1) is 12.1. The fourth-order valence-corrected chi connectivity index (χ4v) is 2.04. The van der Waals surface area contributed by atoms with Crippen molar-refractivity contribution in [3.8, 4) is 5.75 Å². The molecule has 1 aliphatic rings. The highest BCUT2D eigenvalue weighted by atomic mass is 16.5. The Bertz CT molecular complexity index is 381. The van der Waals surface area contributed by atoms with Gasteiger partial charge in [0.05, 0.1) is 6.61 Å². The zero-order chi connectivity index (χ0) is 12.1. The average molecular weight is 234 g/mol. The number of ketones is 1. The van der Waals surface area contributed by atoms with E-state index >= 15 is 0 Å². The van der Waals surface area contributed by atoms with Crippen LogP contribution in [0.15, 0.2) is 24.3 Å². The van der Waals surface area contributed by atoms with Gasteiger partial charge in [-0.3, -0.25) is 4.79 Å². The van der Waals surface area contributed by atoms with Crippen LogP contribution in [-0.4, -0.2) is 25.1 Å². The van der Waals surface area contributed by atoms with Gasteiger partial charge in [0.25, 0.3) is 0 Å². The highest BCUT2D eigenvalue weighted by Crippen LogP contribution is 2.20. The molecule has 1 aromatic carbocycles. The van der Waals surface area contributed by atoms with Crippen molar-refractivity contribution in [3.63, 3.8) is 0 Å². The van der Waals surface area contributed by atoms with Crippen LogP contribution in [0.25, 0.3) is 0 Å². The maximum Gasteiger partial charge on any atom is 0.191 e. The van der Waals surface area contributed by atoms with Gasteiger partial charge < -0.3 is 9.47 Å². The van der Waals surface area contributed by atoms with Crippen LogP contribution in [0.2, 0.25) is 0 Å². The summed E-state index contributed by atoms with van der Waals surface area (Å²) in [7, 11) is 0. The molecule has 3 heteroatoms. The molecule has 0 aromatic heterocycles. The molecule has 1 unspecified atom stereocenters. The number of carbonyl (C=O) groups is 1. The Hall–Kier alpha value is -1.35. The molecule has 0 amide bonds. The van der Waals surface area contributed by atoms with Crippen molar-refractivity contribution in [3.05, 3.63) is 29.8 Å². The summed E-state index contributed by atoms with van der Waals surface area (Å²) >= 11 is 0. The predicted molar refractivity (Wildman–Crippen MR) is 65.5 cm³/mol. The molecule has 17 heavy (non-hydrogen) atoms. The molecule has 0 radical (unpaired) electrons. The Labute approximate surface area is 102 Å². The number of ether oxygens (including phenoxy) is 2. The van der Waals surface area contributed by atoms with Crippen LogP contribution in [0, 0.1) is 0 Å². The van der Waals surface area contributed by atoms with Crippen molar-refractivity contribution in [2.75, 3.05) is 13.2 Å². The highest BCUT2D eigenvalue weighted by molar-refractivity contribution is 5.99. The van der Waals surface area contributed by atoms with E-state index in [1.807, 2.05) is 25.1 Å². The summed E-state index contributed by atoms with van der Waals surface area (Å²) in [5.41, 5.74) is 0.683. The number of Topliss-reactive ketones (excluding diaryl/α,β-unsaturated/α-hetero) is 1. The summed E-state index contributed by atoms with van der Waals surface area (Å²) in [6, 6.07) is 7.33. The van der Waals surface area contributed by atoms with Gasteiger partial charge >= 0.3 is 0 Å². The zero-order valence-corrected chi connectivity index (χ0v) is 10.1. The SMILES string of the molecule is CCOc1cccc(C(=O)C2CCCCO2)c1. The molecule has 1 atom stereocenters. The van der Waals surface area contributed by atoms with E-state index in [1.54, 1.807) is 6.07 Å². The van der Waals surface area contributed by atoms with Gasteiger partial charge in [-0.25, -0.2) is 0 Å². The van der Waals surface area contributed by atoms with Gasteiger partial charge in [-0.1, -0.05) is 12.1 Å². The van der Waals surface area contributed by atoms with Crippen LogP contribution < -0.4 is 4.74 Å². The third kappa shape index (κ3) is 3.07. The Morgan fingerprint density at radius 1 is 1.47 bits per heavy atom. The average Bonchev–Trinajstić information content (AvgIpc) is 2.40. The van der Waals surface area contributed by atoms with Gasteiger partial charge in [0, 0.05) is 12.2 Å². The van der Waals surface area contributed by atoms with Crippen molar-refractivity contribution in [1.82, 2.24) is 0 Å². The molecule has 92 valence electrons. The second-order valence-electron chi connectivity index (χ2n) is 4.18. The standard InChI is InChI=1S/C14H18O3/c1-2-16-12-7-5-6-11(10-12)14(15)13-8-3-4-9-17-13/h5-7,10,13H,2-4,8-9H2,1H3. The van der Waals surface area contributed by atoms with E-state index in [9.17, 15) is 4.79 Å². The first-order valence-electron chi connectivity index (χ1n) is 6.20. The summed E-state index contributed by atoms with van der Waals surface area (Å²) in [5, 5.41) is 0. The fraction of sp³-hybridized carbons (Fsp3) is 0.500. The van der Waals surface area contributed by atoms with E-state index in [4.69, 9.17) is 9.47 Å². The Morgan fingerprint density at radius 3 is 3.06 bits per heavy atom. The maximum absolute atomic E-state index is 12.2. The molecule has 0 saturated carbocycles. The Kier molecular flexibility index (Phi) is 4.15. The molecule has 2 rings (SSSR count). The fourth-order valence-electron chi connectivity index (χ4n) is 2.04. The number of hydrogen-bond donors (Lipinski definition) is 0. The summed E-state index contributed by atoms with van der Waals surface area (Å²) in [6.45, 7) is 3.23. The first-order chi connectivity index (χ1) is 8.31. The van der Waals surface area contributed by atoms with Crippen LogP contribution in [0.5, 0.6) is 5.75 Å². The number of rotatable bonds is 4. The second kappa shape index (κ2) is 5.82. The van der Waals surface area contributed by atoms with Crippen molar-refractivity contribution in [2.45, 2.75) is 32.3 Å². The molecule has 1 aliphatic heterocycles. The normalized spacial score (nSPS) is 19.9. The van der Waals surface area contributed by atoms with Crippen molar-refractivity contribution >= 4 is 5.78 Å². The monoisotopic (exact) mass is 234 g/mol. The van der Waals surface area contributed by atoms with Gasteiger partial charge in [-0.05, 0) is 38.3 Å². The van der Waals surface area contributed by atoms with Crippen LogP contribution >= 0.6 is 0 Å². The van der Waals surface area contributed by atoms with Gasteiger partial charge in [-0.2, -0.15) is 0 Å². The van der Waals surface area contributed by atoms with Gasteiger partial charge in [0.2, 0.25) is 0 Å². The molecule has 3 nitrogen and oxygen atoms in total. The predicted octanol–water partition coefficient (Wildman–Crippen LogP) is 2.84. The molecule has 0 spiro atoms. The molecule has 1 fully saturated rings. The molecule has 0 bridgehead atoms. The van der Waals surface area contributed by atoms with Gasteiger partial charge in [0.1, 0.15) is 11.9 Å². The third-order valence-electron chi connectivity index (χ3n) is 2.90. The van der Waals surface area contributed by atoms with Crippen LogP contribution in [0.4, 0.5) is 0 Å². The van der Waals surface area contributed by atoms with E-state index < -0.39 is 0 Å². The molecule has 1 saturated heterocycles. The number of carbonyl (C=O) groups excluding carboxylic acids is 1. The summed E-state index contributed by atoms with van der Waals surface area (Å²) in [6.07, 6.45) is 2.70. The lowest BCUT2D eigenvalue weighted by Crippen LogP contribution is -2.28. The van der Waals surface area contributed by atoms with Crippen LogP contribution in [0.1, 0.15) is 36.5 Å². The number of benzene rings is 1. The van der Waals surface area contributed by atoms with Gasteiger partial charge in [0.15, 0.2) is 5.78 Å². The third-order valence-corrected chi connectivity index (χ3v) is 2.90. The molecular weight excluding hydrogens is 216 g/mol. The quantitative estimate of drug-likeness (QED) is 0.751. The van der Waals surface area contributed by atoms with Crippen molar-refractivity contribution in [2.24, 2.45) is 0 Å². The molecule has 0 aliphatic carbocycles. The van der Waals surface area contributed by atoms with E-state index in [-0.39, 0.29) is 11.9 Å². The zero-order valence-electron chi connectivity index (χ0n) is 10.1. The highest BCUT2D eigenvalue weighted by Gasteiger charge is 2.23. The Morgan fingerprint density at radius 2 is 2.35 bits per heavy atom. The van der Waals surface area contributed by atoms with E-state index in [1.165, 1.54) is 0 Å². The van der Waals surface area contributed by atoms with E-state index in [0.29, 0.717) is 18.8 Å². The molecule has 1 aromatic rings.